The molecule has 2 aliphatic rings. The molecule has 0 bridgehead atoms. The highest BCUT2D eigenvalue weighted by Crippen LogP contribution is 2.22. The van der Waals surface area contributed by atoms with E-state index in [2.05, 4.69) is 36.3 Å². The van der Waals surface area contributed by atoms with Crippen molar-refractivity contribution in [1.82, 2.24) is 15.5 Å². The zero-order valence-corrected chi connectivity index (χ0v) is 18.1. The van der Waals surface area contributed by atoms with Crippen LogP contribution in [0.4, 0.5) is 10.1 Å². The van der Waals surface area contributed by atoms with E-state index in [0.717, 1.165) is 57.1 Å². The van der Waals surface area contributed by atoms with Crippen molar-refractivity contribution in [3.63, 3.8) is 0 Å². The first-order valence-electron chi connectivity index (χ1n) is 11.0. The largest absolute Gasteiger partial charge is 0.378 e. The van der Waals surface area contributed by atoms with Crippen molar-refractivity contribution in [3.05, 3.63) is 29.6 Å². The SMILES string of the molecule is CCNC(=NCc1ccc(N2CCOCC2)c(F)c1)NC1CCN(C(C)C)CC1. The van der Waals surface area contributed by atoms with Crippen LogP contribution in [0, 0.1) is 5.82 Å². The van der Waals surface area contributed by atoms with Crippen LogP contribution >= 0.6 is 0 Å². The lowest BCUT2D eigenvalue weighted by molar-refractivity contribution is 0.122. The summed E-state index contributed by atoms with van der Waals surface area (Å²) in [6, 6.07) is 6.49. The lowest BCUT2D eigenvalue weighted by atomic mass is 10.0. The standard InChI is InChI=1S/C22H36FN5O/c1-4-24-22(26-19-7-9-27(10-8-19)17(2)3)25-16-18-5-6-21(20(23)15-18)28-11-13-29-14-12-28/h5-6,15,17,19H,4,7-14,16H2,1-3H3,(H2,24,25,26). The number of hydrogen-bond acceptors (Lipinski definition) is 4. The number of likely N-dealkylation sites (tertiary alicyclic amines) is 1. The Balaban J connectivity index is 1.57. The van der Waals surface area contributed by atoms with Gasteiger partial charge >= 0.3 is 0 Å². The molecule has 0 saturated carbocycles. The summed E-state index contributed by atoms with van der Waals surface area (Å²) in [5.41, 5.74) is 1.54. The van der Waals surface area contributed by atoms with Crippen LogP contribution in [-0.2, 0) is 11.3 Å². The maximum absolute atomic E-state index is 14.6. The summed E-state index contributed by atoms with van der Waals surface area (Å²) in [7, 11) is 0. The number of benzene rings is 1. The van der Waals surface area contributed by atoms with E-state index in [1.807, 2.05) is 17.0 Å². The molecule has 0 aromatic heterocycles. The first-order valence-corrected chi connectivity index (χ1v) is 11.0. The smallest absolute Gasteiger partial charge is 0.191 e. The van der Waals surface area contributed by atoms with Gasteiger partial charge in [-0.1, -0.05) is 6.07 Å². The number of rotatable bonds is 6. The predicted molar refractivity (Wildman–Crippen MR) is 117 cm³/mol. The maximum Gasteiger partial charge on any atom is 0.191 e. The van der Waals surface area contributed by atoms with Gasteiger partial charge in [0.1, 0.15) is 5.82 Å². The van der Waals surface area contributed by atoms with Gasteiger partial charge in [-0.2, -0.15) is 0 Å². The Labute approximate surface area is 174 Å². The number of halogens is 1. The minimum Gasteiger partial charge on any atom is -0.378 e. The molecule has 3 rings (SSSR count). The molecule has 6 nitrogen and oxygen atoms in total. The van der Waals surface area contributed by atoms with Crippen molar-refractivity contribution >= 4 is 11.6 Å². The highest BCUT2D eigenvalue weighted by molar-refractivity contribution is 5.80. The summed E-state index contributed by atoms with van der Waals surface area (Å²) in [6.07, 6.45) is 2.23. The normalized spacial score (nSPS) is 19.6. The second kappa shape index (κ2) is 10.8. The Bertz CT molecular complexity index is 667. The number of ether oxygens (including phenoxy) is 1. The van der Waals surface area contributed by atoms with Gasteiger partial charge in [0.15, 0.2) is 5.96 Å². The van der Waals surface area contributed by atoms with Gasteiger partial charge in [-0.05, 0) is 51.3 Å². The Kier molecular flexibility index (Phi) is 8.12. The first-order chi connectivity index (χ1) is 14.1. The number of nitrogens with one attached hydrogen (secondary N) is 2. The average molecular weight is 406 g/mol. The summed E-state index contributed by atoms with van der Waals surface area (Å²) in [5.74, 6) is 0.631. The highest BCUT2D eigenvalue weighted by atomic mass is 19.1. The fraction of sp³-hybridized carbons (Fsp3) is 0.682. The topological polar surface area (TPSA) is 52.1 Å². The van der Waals surface area contributed by atoms with Crippen LogP contribution in [0.3, 0.4) is 0 Å². The van der Waals surface area contributed by atoms with Gasteiger partial charge in [-0.3, -0.25) is 0 Å². The zero-order chi connectivity index (χ0) is 20.6. The van der Waals surface area contributed by atoms with Gasteiger partial charge in [0.2, 0.25) is 0 Å². The highest BCUT2D eigenvalue weighted by Gasteiger charge is 2.21. The molecule has 1 aromatic rings. The van der Waals surface area contributed by atoms with Crippen LogP contribution in [0.1, 0.15) is 39.2 Å². The monoisotopic (exact) mass is 405 g/mol. The number of morpholine rings is 1. The van der Waals surface area contributed by atoms with Crippen molar-refractivity contribution in [2.75, 3.05) is 50.8 Å². The zero-order valence-electron chi connectivity index (χ0n) is 18.1. The van der Waals surface area contributed by atoms with E-state index in [1.165, 1.54) is 0 Å². The third-order valence-corrected chi connectivity index (χ3v) is 5.73. The van der Waals surface area contributed by atoms with E-state index in [9.17, 15) is 4.39 Å². The van der Waals surface area contributed by atoms with Crippen LogP contribution in [0.5, 0.6) is 0 Å². The Morgan fingerprint density at radius 2 is 1.93 bits per heavy atom. The molecule has 1 aromatic carbocycles. The number of piperidine rings is 1. The maximum atomic E-state index is 14.6. The van der Waals surface area contributed by atoms with Gasteiger partial charge in [-0.15, -0.1) is 0 Å². The van der Waals surface area contributed by atoms with Gasteiger partial charge in [0.25, 0.3) is 0 Å². The van der Waals surface area contributed by atoms with E-state index in [-0.39, 0.29) is 5.82 Å². The molecule has 7 heteroatoms. The molecule has 29 heavy (non-hydrogen) atoms. The van der Waals surface area contributed by atoms with Gasteiger partial charge in [0, 0.05) is 44.8 Å². The molecule has 2 aliphatic heterocycles. The van der Waals surface area contributed by atoms with E-state index < -0.39 is 0 Å². The summed E-state index contributed by atoms with van der Waals surface area (Å²) < 4.78 is 20.0. The van der Waals surface area contributed by atoms with Gasteiger partial charge in [-0.25, -0.2) is 9.38 Å². The van der Waals surface area contributed by atoms with Crippen molar-refractivity contribution in [1.29, 1.82) is 0 Å². The molecule has 0 unspecified atom stereocenters. The lowest BCUT2D eigenvalue weighted by Gasteiger charge is -2.35. The van der Waals surface area contributed by atoms with Crippen LogP contribution in [0.15, 0.2) is 23.2 Å². The molecule has 0 amide bonds. The minimum absolute atomic E-state index is 0.182. The van der Waals surface area contributed by atoms with Crippen molar-refractivity contribution in [2.24, 2.45) is 4.99 Å². The molecule has 0 radical (unpaired) electrons. The molecule has 0 aliphatic carbocycles. The first kappa shape index (κ1) is 21.8. The summed E-state index contributed by atoms with van der Waals surface area (Å²) in [5, 5.41) is 6.88. The van der Waals surface area contributed by atoms with E-state index in [0.29, 0.717) is 37.5 Å². The second-order valence-corrected chi connectivity index (χ2v) is 8.13. The van der Waals surface area contributed by atoms with Crippen molar-refractivity contribution < 1.29 is 9.13 Å². The second-order valence-electron chi connectivity index (χ2n) is 8.13. The average Bonchev–Trinajstić information content (AvgIpc) is 2.73. The van der Waals surface area contributed by atoms with E-state index in [4.69, 9.17) is 9.73 Å². The third-order valence-electron chi connectivity index (χ3n) is 5.73. The number of hydrogen-bond donors (Lipinski definition) is 2. The van der Waals surface area contributed by atoms with E-state index in [1.54, 1.807) is 6.07 Å². The van der Waals surface area contributed by atoms with E-state index >= 15 is 0 Å². The van der Waals surface area contributed by atoms with Crippen molar-refractivity contribution in [2.45, 2.75) is 52.2 Å². The summed E-state index contributed by atoms with van der Waals surface area (Å²) in [6.45, 7) is 12.8. The molecule has 2 N–H and O–H groups in total. The van der Waals surface area contributed by atoms with Crippen LogP contribution in [0.25, 0.3) is 0 Å². The molecule has 2 saturated heterocycles. The lowest BCUT2D eigenvalue weighted by Crippen LogP contribution is -2.49. The number of nitrogens with zero attached hydrogens (tertiary/aromatic N) is 3. The molecular weight excluding hydrogens is 369 g/mol. The van der Waals surface area contributed by atoms with Gasteiger partial charge in [0.05, 0.1) is 25.4 Å². The number of anilines is 1. The fourth-order valence-electron chi connectivity index (χ4n) is 3.95. The number of aliphatic imine (C=N–C) groups is 1. The molecular formula is C22H36FN5O. The molecule has 0 atom stereocenters. The Morgan fingerprint density at radius 3 is 2.55 bits per heavy atom. The number of guanidine groups is 1. The van der Waals surface area contributed by atoms with Gasteiger partial charge < -0.3 is 25.2 Å². The Morgan fingerprint density at radius 1 is 1.21 bits per heavy atom. The van der Waals surface area contributed by atoms with Crippen molar-refractivity contribution in [3.8, 4) is 0 Å². The fourth-order valence-corrected chi connectivity index (χ4v) is 3.95. The third kappa shape index (κ3) is 6.31. The quantitative estimate of drug-likeness (QED) is 0.563. The predicted octanol–water partition coefficient (Wildman–Crippen LogP) is 2.59. The van der Waals surface area contributed by atoms with Crippen LogP contribution in [-0.4, -0.2) is 68.9 Å². The minimum atomic E-state index is -0.182. The summed E-state index contributed by atoms with van der Waals surface area (Å²) in [4.78, 5) is 9.25. The molecule has 2 heterocycles. The molecule has 2 fully saturated rings. The van der Waals surface area contributed by atoms with Crippen LogP contribution < -0.4 is 15.5 Å². The molecule has 0 spiro atoms. The Hall–Kier alpha value is -1.86. The summed E-state index contributed by atoms with van der Waals surface area (Å²) >= 11 is 0. The van der Waals surface area contributed by atoms with Crippen LogP contribution in [0.2, 0.25) is 0 Å². The molecule has 162 valence electrons.